The predicted octanol–water partition coefficient (Wildman–Crippen LogP) is 2.65. The number of nitrogens with one attached hydrogen (secondary N) is 1. The maximum absolute atomic E-state index is 12.5. The Hall–Kier alpha value is -2.38. The number of aromatic nitrogens is 2. The van der Waals surface area contributed by atoms with Crippen molar-refractivity contribution < 1.29 is 22.5 Å². The maximum Gasteiger partial charge on any atom is 0.416 e. The molecule has 0 aliphatic carbocycles. The zero-order chi connectivity index (χ0) is 14.0. The number of aryl methyl sites for hydroxylation is 1. The van der Waals surface area contributed by atoms with Crippen LogP contribution in [0, 0.1) is 6.92 Å². The van der Waals surface area contributed by atoms with Crippen molar-refractivity contribution in [1.82, 2.24) is 10.1 Å². The van der Waals surface area contributed by atoms with E-state index in [-0.39, 0.29) is 17.4 Å². The molecule has 0 aliphatic rings. The molecule has 0 bridgehead atoms. The van der Waals surface area contributed by atoms with Crippen molar-refractivity contribution in [2.45, 2.75) is 13.1 Å². The van der Waals surface area contributed by atoms with Gasteiger partial charge < -0.3 is 4.52 Å². The molecule has 5 nitrogen and oxygen atoms in total. The quantitative estimate of drug-likeness (QED) is 0.911. The summed E-state index contributed by atoms with van der Waals surface area (Å²) in [4.78, 5) is 15.4. The number of amides is 1. The second-order valence-corrected chi connectivity index (χ2v) is 3.67. The Labute approximate surface area is 105 Å². The van der Waals surface area contributed by atoms with Gasteiger partial charge in [0.15, 0.2) is 0 Å². The Morgan fingerprint density at radius 2 is 2.11 bits per heavy atom. The molecule has 0 spiro atoms. The molecule has 2 rings (SSSR count). The molecule has 0 fully saturated rings. The molecule has 1 amide bonds. The van der Waals surface area contributed by atoms with Gasteiger partial charge in [-0.1, -0.05) is 6.07 Å². The molecule has 1 N–H and O–H groups in total. The predicted molar refractivity (Wildman–Crippen MR) is 58.4 cm³/mol. The minimum atomic E-state index is -4.50. The van der Waals surface area contributed by atoms with Crippen molar-refractivity contribution in [3.8, 4) is 0 Å². The minimum Gasteiger partial charge on any atom is -0.338 e. The summed E-state index contributed by atoms with van der Waals surface area (Å²) in [5.41, 5.74) is -1.04. The number of rotatable bonds is 2. The molecule has 0 unspecified atom stereocenters. The summed E-state index contributed by atoms with van der Waals surface area (Å²) in [5.74, 6) is -0.605. The molecule has 1 aromatic carbocycles. The van der Waals surface area contributed by atoms with E-state index in [2.05, 4.69) is 20.0 Å². The van der Waals surface area contributed by atoms with Crippen LogP contribution >= 0.6 is 0 Å². The van der Waals surface area contributed by atoms with E-state index in [9.17, 15) is 18.0 Å². The van der Waals surface area contributed by atoms with Crippen molar-refractivity contribution in [2.24, 2.45) is 0 Å². The van der Waals surface area contributed by atoms with E-state index in [0.717, 1.165) is 18.2 Å². The molecule has 1 heterocycles. The largest absolute Gasteiger partial charge is 0.416 e. The Balaban J connectivity index is 2.20. The normalized spacial score (nSPS) is 11.4. The second-order valence-electron chi connectivity index (χ2n) is 3.67. The highest BCUT2D eigenvalue weighted by Crippen LogP contribution is 2.29. The molecule has 100 valence electrons. The summed E-state index contributed by atoms with van der Waals surface area (Å²) in [6, 6.07) is 4.05. The van der Waals surface area contributed by atoms with Gasteiger partial charge >= 0.3 is 6.18 Å². The third kappa shape index (κ3) is 3.09. The first-order chi connectivity index (χ1) is 8.86. The highest BCUT2D eigenvalue weighted by Gasteiger charge is 2.30. The van der Waals surface area contributed by atoms with Gasteiger partial charge in [0.1, 0.15) is 0 Å². The van der Waals surface area contributed by atoms with Crippen LogP contribution in [0.15, 0.2) is 28.8 Å². The number of nitrogens with zero attached hydrogens (tertiary/aromatic N) is 2. The number of benzene rings is 1. The average molecular weight is 271 g/mol. The van der Waals surface area contributed by atoms with E-state index < -0.39 is 17.6 Å². The van der Waals surface area contributed by atoms with Crippen molar-refractivity contribution in [1.29, 1.82) is 0 Å². The van der Waals surface area contributed by atoms with Crippen LogP contribution in [-0.2, 0) is 6.18 Å². The van der Waals surface area contributed by atoms with Crippen LogP contribution in [0.2, 0.25) is 0 Å². The number of alkyl halides is 3. The summed E-state index contributed by atoms with van der Waals surface area (Å²) in [6.45, 7) is 1.52. The van der Waals surface area contributed by atoms with Crippen LogP contribution in [0.3, 0.4) is 0 Å². The lowest BCUT2D eigenvalue weighted by Gasteiger charge is -2.07. The molecule has 0 radical (unpaired) electrons. The Kier molecular flexibility index (Phi) is 3.24. The number of halogens is 3. The van der Waals surface area contributed by atoms with Gasteiger partial charge in [-0.25, -0.2) is 0 Å². The first-order valence-corrected chi connectivity index (χ1v) is 5.15. The van der Waals surface area contributed by atoms with Gasteiger partial charge in [0.25, 0.3) is 11.9 Å². The molecule has 8 heteroatoms. The van der Waals surface area contributed by atoms with Gasteiger partial charge in [0, 0.05) is 12.5 Å². The Bertz CT molecular complexity index is 607. The fourth-order valence-corrected chi connectivity index (χ4v) is 1.36. The molecule has 19 heavy (non-hydrogen) atoms. The molecular weight excluding hydrogens is 263 g/mol. The Morgan fingerprint density at radius 3 is 2.68 bits per heavy atom. The lowest BCUT2D eigenvalue weighted by atomic mass is 10.1. The van der Waals surface area contributed by atoms with E-state index in [1.54, 1.807) is 0 Å². The van der Waals surface area contributed by atoms with Gasteiger partial charge in [-0.2, -0.15) is 18.2 Å². The lowest BCUT2D eigenvalue weighted by Crippen LogP contribution is -2.14. The van der Waals surface area contributed by atoms with Gasteiger partial charge in [0.2, 0.25) is 5.89 Å². The minimum absolute atomic E-state index is 0.0973. The van der Waals surface area contributed by atoms with Crippen molar-refractivity contribution in [3.63, 3.8) is 0 Å². The average Bonchev–Trinajstić information content (AvgIpc) is 2.74. The molecule has 0 aliphatic heterocycles. The number of carbonyl (C=O) groups excluding carboxylic acids is 1. The highest BCUT2D eigenvalue weighted by molar-refractivity contribution is 6.03. The number of hydrogen-bond donors (Lipinski definition) is 1. The smallest absolute Gasteiger partial charge is 0.338 e. The number of hydrogen-bond acceptors (Lipinski definition) is 4. The van der Waals surface area contributed by atoms with Crippen molar-refractivity contribution in [3.05, 3.63) is 41.3 Å². The molecule has 0 atom stereocenters. The van der Waals surface area contributed by atoms with Crippen LogP contribution in [0.1, 0.15) is 21.8 Å². The molecule has 0 saturated heterocycles. The van der Waals surface area contributed by atoms with E-state index in [1.165, 1.54) is 13.0 Å². The van der Waals surface area contributed by atoms with E-state index in [4.69, 9.17) is 0 Å². The summed E-state index contributed by atoms with van der Waals surface area (Å²) in [5, 5.41) is 5.65. The van der Waals surface area contributed by atoms with E-state index in [0.29, 0.717) is 0 Å². The van der Waals surface area contributed by atoms with Gasteiger partial charge in [-0.15, -0.1) is 0 Å². The second kappa shape index (κ2) is 4.71. The number of anilines is 1. The first kappa shape index (κ1) is 13.1. The fourth-order valence-electron chi connectivity index (χ4n) is 1.36. The van der Waals surface area contributed by atoms with E-state index >= 15 is 0 Å². The van der Waals surface area contributed by atoms with Crippen molar-refractivity contribution >= 4 is 11.9 Å². The summed E-state index contributed by atoms with van der Waals surface area (Å²) >= 11 is 0. The molecular formula is C11H8F3N3O2. The van der Waals surface area contributed by atoms with Crippen LogP contribution in [0.4, 0.5) is 19.1 Å². The van der Waals surface area contributed by atoms with E-state index in [1.807, 2.05) is 0 Å². The zero-order valence-electron chi connectivity index (χ0n) is 9.65. The van der Waals surface area contributed by atoms with Gasteiger partial charge in [0.05, 0.1) is 5.56 Å². The van der Waals surface area contributed by atoms with Crippen LogP contribution in [0.25, 0.3) is 0 Å². The van der Waals surface area contributed by atoms with Crippen LogP contribution in [0.5, 0.6) is 0 Å². The summed E-state index contributed by atoms with van der Waals surface area (Å²) in [7, 11) is 0. The maximum atomic E-state index is 12.5. The third-order valence-electron chi connectivity index (χ3n) is 2.20. The first-order valence-electron chi connectivity index (χ1n) is 5.15. The standard InChI is InChI=1S/C11H8F3N3O2/c1-6-15-10(17-19-6)16-9(18)7-3-2-4-8(5-7)11(12,13)14/h2-5H,1H3,(H,16,17,18). The van der Waals surface area contributed by atoms with Crippen molar-refractivity contribution in [2.75, 3.05) is 5.32 Å². The SMILES string of the molecule is Cc1nc(NC(=O)c2cccc(C(F)(F)F)c2)no1. The zero-order valence-corrected chi connectivity index (χ0v) is 9.65. The van der Waals surface area contributed by atoms with Crippen LogP contribution < -0.4 is 5.32 Å². The molecule has 2 aromatic rings. The third-order valence-corrected chi connectivity index (χ3v) is 2.20. The molecule has 1 aromatic heterocycles. The molecule has 0 saturated carbocycles. The highest BCUT2D eigenvalue weighted by atomic mass is 19.4. The monoisotopic (exact) mass is 271 g/mol. The fraction of sp³-hybridized carbons (Fsp3) is 0.182. The lowest BCUT2D eigenvalue weighted by molar-refractivity contribution is -0.137. The Morgan fingerprint density at radius 1 is 1.37 bits per heavy atom. The topological polar surface area (TPSA) is 68.0 Å². The van der Waals surface area contributed by atoms with Crippen LogP contribution in [-0.4, -0.2) is 16.0 Å². The van der Waals surface area contributed by atoms with Gasteiger partial charge in [-0.3, -0.25) is 10.1 Å². The summed E-state index contributed by atoms with van der Waals surface area (Å²) in [6.07, 6.45) is -4.50. The number of carbonyl (C=O) groups is 1. The van der Waals surface area contributed by atoms with Gasteiger partial charge in [-0.05, 0) is 23.4 Å². The summed E-state index contributed by atoms with van der Waals surface area (Å²) < 4.78 is 42.1.